The van der Waals surface area contributed by atoms with Gasteiger partial charge in [-0.2, -0.15) is 0 Å². The van der Waals surface area contributed by atoms with Gasteiger partial charge in [-0.15, -0.1) is 0 Å². The zero-order chi connectivity index (χ0) is 16.9. The molecule has 0 radical (unpaired) electrons. The van der Waals surface area contributed by atoms with E-state index in [1.807, 2.05) is 18.2 Å². The van der Waals surface area contributed by atoms with Gasteiger partial charge in [-0.05, 0) is 54.1 Å². The van der Waals surface area contributed by atoms with Gasteiger partial charge in [0.25, 0.3) is 5.91 Å². The molecule has 0 saturated carbocycles. The Bertz CT molecular complexity index is 798. The second kappa shape index (κ2) is 7.32. The largest absolute Gasteiger partial charge is 0.467 e. The third-order valence-corrected chi connectivity index (χ3v) is 3.84. The average Bonchev–Trinajstić information content (AvgIpc) is 3.09. The summed E-state index contributed by atoms with van der Waals surface area (Å²) in [5.41, 5.74) is 1.37. The molecule has 3 aromatic rings. The maximum absolute atomic E-state index is 13.1. The number of benzene rings is 2. The zero-order valence-electron chi connectivity index (χ0n) is 12.8. The van der Waals surface area contributed by atoms with E-state index in [4.69, 9.17) is 16.0 Å². The molecular weight excluding hydrogens is 329 g/mol. The zero-order valence-corrected chi connectivity index (χ0v) is 13.5. The topological polar surface area (TPSA) is 33.5 Å². The van der Waals surface area contributed by atoms with Crippen molar-refractivity contribution in [1.29, 1.82) is 0 Å². The number of amides is 1. The Labute approximate surface area is 144 Å². The van der Waals surface area contributed by atoms with Crippen LogP contribution in [0.4, 0.5) is 4.39 Å². The van der Waals surface area contributed by atoms with Gasteiger partial charge in [0.15, 0.2) is 0 Å². The smallest absolute Gasteiger partial charge is 0.254 e. The van der Waals surface area contributed by atoms with Crippen molar-refractivity contribution in [3.63, 3.8) is 0 Å². The first-order valence-corrected chi connectivity index (χ1v) is 7.81. The highest BCUT2D eigenvalue weighted by Gasteiger charge is 2.18. The fourth-order valence-corrected chi connectivity index (χ4v) is 2.50. The van der Waals surface area contributed by atoms with E-state index >= 15 is 0 Å². The Hall–Kier alpha value is -2.59. The number of carbonyl (C=O) groups excluding carboxylic acids is 1. The Morgan fingerprint density at radius 3 is 2.33 bits per heavy atom. The lowest BCUT2D eigenvalue weighted by Crippen LogP contribution is -2.30. The molecule has 2 aromatic carbocycles. The predicted octanol–water partition coefficient (Wildman–Crippen LogP) is 4.91. The summed E-state index contributed by atoms with van der Waals surface area (Å²) in [6.45, 7) is 0.722. The number of carbonyl (C=O) groups is 1. The number of furan rings is 1. The molecule has 0 aliphatic carbocycles. The summed E-state index contributed by atoms with van der Waals surface area (Å²) in [4.78, 5) is 14.4. The number of halogens is 2. The minimum Gasteiger partial charge on any atom is -0.467 e. The van der Waals surface area contributed by atoms with E-state index in [1.165, 1.54) is 24.3 Å². The van der Waals surface area contributed by atoms with Crippen molar-refractivity contribution in [2.24, 2.45) is 0 Å². The molecule has 0 bridgehead atoms. The first-order chi connectivity index (χ1) is 11.6. The SMILES string of the molecule is O=C(c1ccc(F)cc1)N(Cc1ccc(Cl)cc1)Cc1ccco1. The van der Waals surface area contributed by atoms with Crippen molar-refractivity contribution in [3.8, 4) is 0 Å². The number of nitrogens with zero attached hydrogens (tertiary/aromatic N) is 1. The standard InChI is InChI=1S/C19H15ClFNO2/c20-16-7-3-14(4-8-16)12-22(13-18-2-1-11-24-18)19(23)15-5-9-17(21)10-6-15/h1-11H,12-13H2. The third kappa shape index (κ3) is 4.03. The molecule has 0 atom stereocenters. The lowest BCUT2D eigenvalue weighted by molar-refractivity contribution is 0.0717. The molecule has 0 unspecified atom stereocenters. The van der Waals surface area contributed by atoms with Gasteiger partial charge < -0.3 is 9.32 Å². The summed E-state index contributed by atoms with van der Waals surface area (Å²) >= 11 is 5.91. The highest BCUT2D eigenvalue weighted by Crippen LogP contribution is 2.17. The van der Waals surface area contributed by atoms with Crippen molar-refractivity contribution in [2.75, 3.05) is 0 Å². The van der Waals surface area contributed by atoms with Crippen molar-refractivity contribution < 1.29 is 13.6 Å². The van der Waals surface area contributed by atoms with Crippen LogP contribution in [0.3, 0.4) is 0 Å². The van der Waals surface area contributed by atoms with Gasteiger partial charge in [0.1, 0.15) is 11.6 Å². The highest BCUT2D eigenvalue weighted by atomic mass is 35.5. The van der Waals surface area contributed by atoms with E-state index in [9.17, 15) is 9.18 Å². The summed E-state index contributed by atoms with van der Waals surface area (Å²) in [6, 6.07) is 16.4. The van der Waals surface area contributed by atoms with Gasteiger partial charge >= 0.3 is 0 Å². The van der Waals surface area contributed by atoms with E-state index < -0.39 is 0 Å². The van der Waals surface area contributed by atoms with Crippen LogP contribution >= 0.6 is 11.6 Å². The molecular formula is C19H15ClFNO2. The first-order valence-electron chi connectivity index (χ1n) is 7.43. The van der Waals surface area contributed by atoms with Crippen molar-refractivity contribution >= 4 is 17.5 Å². The molecule has 1 aromatic heterocycles. The fourth-order valence-electron chi connectivity index (χ4n) is 2.38. The molecule has 0 fully saturated rings. The van der Waals surface area contributed by atoms with Crippen LogP contribution in [0.2, 0.25) is 5.02 Å². The molecule has 0 spiro atoms. The molecule has 24 heavy (non-hydrogen) atoms. The van der Waals surface area contributed by atoms with Gasteiger partial charge in [0.2, 0.25) is 0 Å². The lowest BCUT2D eigenvalue weighted by Gasteiger charge is -2.22. The minimum atomic E-state index is -0.373. The van der Waals surface area contributed by atoms with Crippen LogP contribution in [0.1, 0.15) is 21.7 Å². The highest BCUT2D eigenvalue weighted by molar-refractivity contribution is 6.30. The van der Waals surface area contributed by atoms with Crippen LogP contribution in [-0.4, -0.2) is 10.8 Å². The van der Waals surface area contributed by atoms with E-state index in [0.717, 1.165) is 5.56 Å². The number of rotatable bonds is 5. The summed E-state index contributed by atoms with van der Waals surface area (Å²) in [5.74, 6) is 0.114. The average molecular weight is 344 g/mol. The lowest BCUT2D eigenvalue weighted by atomic mass is 10.1. The second-order valence-corrected chi connectivity index (χ2v) is 5.81. The molecule has 5 heteroatoms. The number of hydrogen-bond acceptors (Lipinski definition) is 2. The van der Waals surface area contributed by atoms with Crippen LogP contribution in [-0.2, 0) is 13.1 Å². The Morgan fingerprint density at radius 1 is 1.00 bits per heavy atom. The summed E-state index contributed by atoms with van der Waals surface area (Å²) in [7, 11) is 0. The molecule has 3 rings (SSSR count). The molecule has 122 valence electrons. The minimum absolute atomic E-state index is 0.193. The molecule has 0 saturated heterocycles. The molecule has 0 aliphatic rings. The summed E-state index contributed by atoms with van der Waals surface area (Å²) in [5, 5.41) is 0.640. The third-order valence-electron chi connectivity index (χ3n) is 3.59. The van der Waals surface area contributed by atoms with Gasteiger partial charge in [-0.25, -0.2) is 4.39 Å². The van der Waals surface area contributed by atoms with Crippen molar-refractivity contribution in [1.82, 2.24) is 4.90 Å². The normalized spacial score (nSPS) is 10.6. The van der Waals surface area contributed by atoms with Crippen LogP contribution < -0.4 is 0 Å². The van der Waals surface area contributed by atoms with Crippen LogP contribution in [0, 0.1) is 5.82 Å². The van der Waals surface area contributed by atoms with Crippen LogP contribution in [0.25, 0.3) is 0 Å². The van der Waals surface area contributed by atoms with Gasteiger partial charge in [-0.3, -0.25) is 4.79 Å². The van der Waals surface area contributed by atoms with E-state index in [-0.39, 0.29) is 11.7 Å². The Balaban J connectivity index is 1.84. The molecule has 1 heterocycles. The van der Waals surface area contributed by atoms with Gasteiger partial charge in [-0.1, -0.05) is 23.7 Å². The van der Waals surface area contributed by atoms with Crippen LogP contribution in [0.5, 0.6) is 0 Å². The van der Waals surface area contributed by atoms with E-state index in [1.54, 1.807) is 29.4 Å². The summed E-state index contributed by atoms with van der Waals surface area (Å²) < 4.78 is 18.4. The molecule has 3 nitrogen and oxygen atoms in total. The number of hydrogen-bond donors (Lipinski definition) is 0. The molecule has 0 N–H and O–H groups in total. The molecule has 0 aliphatic heterocycles. The van der Waals surface area contributed by atoms with Crippen molar-refractivity contribution in [3.05, 3.63) is 94.7 Å². The van der Waals surface area contributed by atoms with Gasteiger partial charge in [0.05, 0.1) is 12.8 Å². The monoisotopic (exact) mass is 343 g/mol. The Kier molecular flexibility index (Phi) is 4.96. The predicted molar refractivity (Wildman–Crippen MR) is 90.1 cm³/mol. The first kappa shape index (κ1) is 16.3. The van der Waals surface area contributed by atoms with E-state index in [0.29, 0.717) is 29.4 Å². The fraction of sp³-hybridized carbons (Fsp3) is 0.105. The quantitative estimate of drug-likeness (QED) is 0.659. The Morgan fingerprint density at radius 2 is 1.71 bits per heavy atom. The second-order valence-electron chi connectivity index (χ2n) is 5.37. The maximum Gasteiger partial charge on any atom is 0.254 e. The van der Waals surface area contributed by atoms with Gasteiger partial charge in [0, 0.05) is 17.1 Å². The van der Waals surface area contributed by atoms with Crippen molar-refractivity contribution in [2.45, 2.75) is 13.1 Å². The van der Waals surface area contributed by atoms with Crippen LogP contribution in [0.15, 0.2) is 71.3 Å². The van der Waals surface area contributed by atoms with E-state index in [2.05, 4.69) is 0 Å². The summed E-state index contributed by atoms with van der Waals surface area (Å²) in [6.07, 6.45) is 1.57. The molecule has 1 amide bonds. The maximum atomic E-state index is 13.1.